The normalized spacial score (nSPS) is 10.9. The number of nitrogens with zero attached hydrogens (tertiary/aromatic N) is 1. The predicted molar refractivity (Wildman–Crippen MR) is 73.7 cm³/mol. The summed E-state index contributed by atoms with van der Waals surface area (Å²) in [5.41, 5.74) is 7.56. The Morgan fingerprint density at radius 1 is 1.29 bits per heavy atom. The minimum absolute atomic E-state index is 0.159. The Balaban J connectivity index is 2.62. The molecule has 0 aliphatic carbocycles. The highest BCUT2D eigenvalue weighted by molar-refractivity contribution is 5.59. The van der Waals surface area contributed by atoms with Gasteiger partial charge in [-0.05, 0) is 34.0 Å². The summed E-state index contributed by atoms with van der Waals surface area (Å²) >= 11 is 0. The molecule has 0 spiro atoms. The molecule has 1 aromatic carbocycles. The van der Waals surface area contributed by atoms with Gasteiger partial charge in [0.2, 0.25) is 0 Å². The molecule has 0 aromatic heterocycles. The van der Waals surface area contributed by atoms with Crippen molar-refractivity contribution < 1.29 is 4.74 Å². The molecular formula is C13H23N3O. The Hall–Kier alpha value is -1.42. The molecule has 0 aliphatic rings. The first-order valence-electron chi connectivity index (χ1n) is 5.93. The number of hydrogen-bond donors (Lipinski definition) is 2. The second-order valence-electron chi connectivity index (χ2n) is 4.69. The van der Waals surface area contributed by atoms with Crippen molar-refractivity contribution in [3.8, 4) is 5.75 Å². The maximum atomic E-state index is 5.84. The van der Waals surface area contributed by atoms with Gasteiger partial charge in [0.05, 0.1) is 6.10 Å². The van der Waals surface area contributed by atoms with Crippen LogP contribution >= 0.6 is 0 Å². The van der Waals surface area contributed by atoms with E-state index in [4.69, 9.17) is 10.5 Å². The van der Waals surface area contributed by atoms with Crippen molar-refractivity contribution in [2.75, 3.05) is 38.2 Å². The van der Waals surface area contributed by atoms with Gasteiger partial charge in [0.15, 0.2) is 0 Å². The molecule has 0 saturated heterocycles. The summed E-state index contributed by atoms with van der Waals surface area (Å²) in [4.78, 5) is 2.13. The Morgan fingerprint density at radius 2 is 2.00 bits per heavy atom. The van der Waals surface area contributed by atoms with Crippen LogP contribution in [-0.2, 0) is 0 Å². The Bertz CT molecular complexity index is 351. The van der Waals surface area contributed by atoms with E-state index in [-0.39, 0.29) is 6.10 Å². The monoisotopic (exact) mass is 237 g/mol. The van der Waals surface area contributed by atoms with E-state index in [0.717, 1.165) is 30.2 Å². The minimum Gasteiger partial charge on any atom is -0.491 e. The van der Waals surface area contributed by atoms with E-state index >= 15 is 0 Å². The number of nitrogens with one attached hydrogen (secondary N) is 1. The van der Waals surface area contributed by atoms with Crippen molar-refractivity contribution in [2.24, 2.45) is 0 Å². The van der Waals surface area contributed by atoms with Gasteiger partial charge in [0.1, 0.15) is 5.75 Å². The fourth-order valence-corrected chi connectivity index (χ4v) is 1.49. The van der Waals surface area contributed by atoms with Crippen molar-refractivity contribution in [3.63, 3.8) is 0 Å². The highest BCUT2D eigenvalue weighted by Crippen LogP contribution is 2.23. The summed E-state index contributed by atoms with van der Waals surface area (Å²) < 4.78 is 5.63. The third-order valence-electron chi connectivity index (χ3n) is 2.19. The first-order valence-corrected chi connectivity index (χ1v) is 5.93. The molecule has 0 unspecified atom stereocenters. The van der Waals surface area contributed by atoms with E-state index < -0.39 is 0 Å². The van der Waals surface area contributed by atoms with E-state index in [9.17, 15) is 0 Å². The zero-order valence-electron chi connectivity index (χ0n) is 11.2. The predicted octanol–water partition coefficient (Wildman–Crippen LogP) is 2.03. The minimum atomic E-state index is 0.159. The lowest BCUT2D eigenvalue weighted by Crippen LogP contribution is -2.20. The van der Waals surface area contributed by atoms with Gasteiger partial charge in [-0.2, -0.15) is 0 Å². The number of benzene rings is 1. The van der Waals surface area contributed by atoms with Crippen LogP contribution in [0.2, 0.25) is 0 Å². The highest BCUT2D eigenvalue weighted by Gasteiger charge is 2.02. The van der Waals surface area contributed by atoms with E-state index in [1.54, 1.807) is 0 Å². The zero-order chi connectivity index (χ0) is 12.8. The molecule has 17 heavy (non-hydrogen) atoms. The quantitative estimate of drug-likeness (QED) is 0.743. The summed E-state index contributed by atoms with van der Waals surface area (Å²) in [7, 11) is 4.10. The molecule has 1 aromatic rings. The molecule has 0 aliphatic heterocycles. The standard InChI is InChI=1S/C13H23N3O/c1-10(2)17-13-8-11(14)7-12(9-13)15-5-6-16(3)4/h7-10,15H,5-6,14H2,1-4H3. The summed E-state index contributed by atoms with van der Waals surface area (Å²) in [5, 5.41) is 3.33. The van der Waals surface area contributed by atoms with Crippen LogP contribution in [0, 0.1) is 0 Å². The number of rotatable bonds is 6. The van der Waals surface area contributed by atoms with Crippen LogP contribution in [0.15, 0.2) is 18.2 Å². The molecule has 0 heterocycles. The Labute approximate surface area is 104 Å². The lowest BCUT2D eigenvalue weighted by molar-refractivity contribution is 0.242. The average Bonchev–Trinajstić information content (AvgIpc) is 2.14. The van der Waals surface area contributed by atoms with Gasteiger partial charge in [-0.25, -0.2) is 0 Å². The molecule has 0 atom stereocenters. The molecule has 4 heteroatoms. The molecule has 1 rings (SSSR count). The second kappa shape index (κ2) is 6.35. The van der Waals surface area contributed by atoms with Crippen LogP contribution < -0.4 is 15.8 Å². The molecule has 3 N–H and O–H groups in total. The average molecular weight is 237 g/mol. The maximum absolute atomic E-state index is 5.84. The van der Waals surface area contributed by atoms with E-state index in [0.29, 0.717) is 0 Å². The summed E-state index contributed by atoms with van der Waals surface area (Å²) in [6.45, 7) is 5.87. The van der Waals surface area contributed by atoms with Gasteiger partial charge in [0, 0.05) is 36.6 Å². The van der Waals surface area contributed by atoms with Gasteiger partial charge < -0.3 is 20.7 Å². The lowest BCUT2D eigenvalue weighted by Gasteiger charge is -2.14. The van der Waals surface area contributed by atoms with Crippen molar-refractivity contribution in [1.82, 2.24) is 4.90 Å². The van der Waals surface area contributed by atoms with Crippen molar-refractivity contribution in [3.05, 3.63) is 18.2 Å². The molecule has 0 radical (unpaired) electrons. The summed E-state index contributed by atoms with van der Waals surface area (Å²) in [5.74, 6) is 0.812. The van der Waals surface area contributed by atoms with Crippen molar-refractivity contribution in [1.29, 1.82) is 0 Å². The molecule has 0 saturated carbocycles. The highest BCUT2D eigenvalue weighted by atomic mass is 16.5. The lowest BCUT2D eigenvalue weighted by atomic mass is 10.2. The SMILES string of the molecule is CC(C)Oc1cc(N)cc(NCCN(C)C)c1. The smallest absolute Gasteiger partial charge is 0.123 e. The molecule has 96 valence electrons. The maximum Gasteiger partial charge on any atom is 0.123 e. The van der Waals surface area contributed by atoms with Gasteiger partial charge in [-0.3, -0.25) is 0 Å². The second-order valence-corrected chi connectivity index (χ2v) is 4.69. The zero-order valence-corrected chi connectivity index (χ0v) is 11.2. The molecular weight excluding hydrogens is 214 g/mol. The molecule has 0 amide bonds. The van der Waals surface area contributed by atoms with Crippen LogP contribution in [0.5, 0.6) is 5.75 Å². The Morgan fingerprint density at radius 3 is 2.59 bits per heavy atom. The third kappa shape index (κ3) is 5.45. The number of anilines is 2. The molecule has 0 bridgehead atoms. The number of hydrogen-bond acceptors (Lipinski definition) is 4. The number of nitrogen functional groups attached to an aromatic ring is 1. The number of nitrogens with two attached hydrogens (primary N) is 1. The van der Waals surface area contributed by atoms with Gasteiger partial charge in [-0.1, -0.05) is 0 Å². The first kappa shape index (κ1) is 13.6. The third-order valence-corrected chi connectivity index (χ3v) is 2.19. The van der Waals surface area contributed by atoms with Crippen LogP contribution in [0.25, 0.3) is 0 Å². The van der Waals surface area contributed by atoms with Crippen molar-refractivity contribution in [2.45, 2.75) is 20.0 Å². The van der Waals surface area contributed by atoms with E-state index in [2.05, 4.69) is 10.2 Å². The van der Waals surface area contributed by atoms with Crippen LogP contribution in [-0.4, -0.2) is 38.2 Å². The summed E-state index contributed by atoms with van der Waals surface area (Å²) in [6, 6.07) is 5.74. The fourth-order valence-electron chi connectivity index (χ4n) is 1.49. The van der Waals surface area contributed by atoms with Crippen LogP contribution in [0.3, 0.4) is 0 Å². The molecule has 4 nitrogen and oxygen atoms in total. The number of likely N-dealkylation sites (N-methyl/N-ethyl adjacent to an activating group) is 1. The van der Waals surface area contributed by atoms with Gasteiger partial charge in [-0.15, -0.1) is 0 Å². The first-order chi connectivity index (χ1) is 7.97. The topological polar surface area (TPSA) is 50.5 Å². The van der Waals surface area contributed by atoms with Crippen LogP contribution in [0.4, 0.5) is 11.4 Å². The van der Waals surface area contributed by atoms with E-state index in [1.807, 2.05) is 46.1 Å². The largest absolute Gasteiger partial charge is 0.491 e. The number of ether oxygens (including phenoxy) is 1. The van der Waals surface area contributed by atoms with Crippen molar-refractivity contribution >= 4 is 11.4 Å². The van der Waals surface area contributed by atoms with E-state index in [1.165, 1.54) is 0 Å². The van der Waals surface area contributed by atoms with Crippen LogP contribution in [0.1, 0.15) is 13.8 Å². The fraction of sp³-hybridized carbons (Fsp3) is 0.538. The Kier molecular flexibility index (Phi) is 5.10. The van der Waals surface area contributed by atoms with Gasteiger partial charge >= 0.3 is 0 Å². The summed E-state index contributed by atoms with van der Waals surface area (Å²) in [6.07, 6.45) is 0.159. The van der Waals surface area contributed by atoms with Gasteiger partial charge in [0.25, 0.3) is 0 Å². The molecule has 0 fully saturated rings.